The maximum atomic E-state index is 12.3. The van der Waals surface area contributed by atoms with E-state index in [1.165, 1.54) is 24.3 Å². The number of nitrogens with zero attached hydrogens (tertiary/aromatic N) is 1. The van der Waals surface area contributed by atoms with Gasteiger partial charge in [-0.05, 0) is 12.1 Å². The van der Waals surface area contributed by atoms with Crippen LogP contribution in [-0.2, 0) is 10.0 Å². The van der Waals surface area contributed by atoms with Crippen molar-refractivity contribution in [1.82, 2.24) is 4.31 Å². The van der Waals surface area contributed by atoms with E-state index in [9.17, 15) is 21.6 Å². The number of benzene rings is 1. The highest BCUT2D eigenvalue weighted by molar-refractivity contribution is 7.89. The molecule has 0 aliphatic carbocycles. The Kier molecular flexibility index (Phi) is 5.78. The highest BCUT2D eigenvalue weighted by Gasteiger charge is 2.35. The molecule has 0 heterocycles. The third kappa shape index (κ3) is 5.04. The third-order valence-electron chi connectivity index (χ3n) is 2.44. The van der Waals surface area contributed by atoms with Crippen LogP contribution in [0.3, 0.4) is 0 Å². The van der Waals surface area contributed by atoms with Gasteiger partial charge in [-0.25, -0.2) is 8.42 Å². The van der Waals surface area contributed by atoms with Gasteiger partial charge in [0, 0.05) is 19.0 Å². The average Bonchev–Trinajstić information content (AvgIpc) is 2.37. The van der Waals surface area contributed by atoms with Crippen molar-refractivity contribution in [2.45, 2.75) is 17.5 Å². The van der Waals surface area contributed by atoms with Gasteiger partial charge in [0.2, 0.25) is 10.0 Å². The first-order valence-corrected chi connectivity index (χ1v) is 7.34. The van der Waals surface area contributed by atoms with E-state index in [0.717, 1.165) is 7.05 Å². The first kappa shape index (κ1) is 17.5. The standard InChI is InChI=1S/C13H14F3NO3S/c1-17(10-13(14,15)16)21(19,20)12-8-3-2-6-11(12)7-4-5-9-18/h2-3,6,8,18H,5,9-10H2,1H3. The van der Waals surface area contributed by atoms with Crippen molar-refractivity contribution in [2.75, 3.05) is 20.2 Å². The van der Waals surface area contributed by atoms with E-state index in [4.69, 9.17) is 5.11 Å². The Bertz CT molecular complexity index is 645. The van der Waals surface area contributed by atoms with Crippen LogP contribution in [0.15, 0.2) is 29.2 Å². The maximum absolute atomic E-state index is 12.3. The second-order valence-corrected chi connectivity index (χ2v) is 6.16. The predicted molar refractivity (Wildman–Crippen MR) is 70.9 cm³/mol. The summed E-state index contributed by atoms with van der Waals surface area (Å²) in [6, 6.07) is 5.54. The molecule has 0 saturated carbocycles. The van der Waals surface area contributed by atoms with Crippen LogP contribution in [0.2, 0.25) is 0 Å². The highest BCUT2D eigenvalue weighted by Crippen LogP contribution is 2.23. The molecule has 116 valence electrons. The van der Waals surface area contributed by atoms with Gasteiger partial charge in [0.1, 0.15) is 6.54 Å². The molecule has 0 atom stereocenters. The molecule has 1 N–H and O–H groups in total. The molecule has 0 aromatic heterocycles. The fraction of sp³-hybridized carbons (Fsp3) is 0.385. The molecular formula is C13H14F3NO3S. The Hall–Kier alpha value is -1.56. The molecule has 0 fully saturated rings. The van der Waals surface area contributed by atoms with Gasteiger partial charge in [-0.1, -0.05) is 24.0 Å². The zero-order valence-corrected chi connectivity index (χ0v) is 12.0. The number of aliphatic hydroxyl groups excluding tert-OH is 1. The van der Waals surface area contributed by atoms with Gasteiger partial charge in [0.15, 0.2) is 0 Å². The molecule has 0 amide bonds. The average molecular weight is 321 g/mol. The second kappa shape index (κ2) is 6.93. The van der Waals surface area contributed by atoms with Crippen molar-refractivity contribution in [2.24, 2.45) is 0 Å². The summed E-state index contributed by atoms with van der Waals surface area (Å²) in [5.41, 5.74) is 0.0972. The van der Waals surface area contributed by atoms with Gasteiger partial charge < -0.3 is 5.11 Å². The lowest BCUT2D eigenvalue weighted by atomic mass is 10.2. The Balaban J connectivity index is 3.18. The van der Waals surface area contributed by atoms with E-state index in [2.05, 4.69) is 11.8 Å². The minimum Gasteiger partial charge on any atom is -0.395 e. The van der Waals surface area contributed by atoms with Crippen LogP contribution < -0.4 is 0 Å². The molecule has 1 aromatic rings. The van der Waals surface area contributed by atoms with Crippen molar-refractivity contribution >= 4 is 10.0 Å². The van der Waals surface area contributed by atoms with Gasteiger partial charge in [-0.3, -0.25) is 0 Å². The first-order valence-electron chi connectivity index (χ1n) is 5.90. The van der Waals surface area contributed by atoms with Crippen molar-refractivity contribution in [3.8, 4) is 11.8 Å². The van der Waals surface area contributed by atoms with Crippen LogP contribution in [-0.4, -0.2) is 44.2 Å². The monoisotopic (exact) mass is 321 g/mol. The quantitative estimate of drug-likeness (QED) is 0.857. The van der Waals surface area contributed by atoms with Gasteiger partial charge >= 0.3 is 6.18 Å². The summed E-state index contributed by atoms with van der Waals surface area (Å²) in [5, 5.41) is 8.64. The summed E-state index contributed by atoms with van der Waals surface area (Å²) in [6.07, 6.45) is -4.48. The Morgan fingerprint density at radius 2 is 1.90 bits per heavy atom. The second-order valence-electron chi connectivity index (χ2n) is 4.15. The van der Waals surface area contributed by atoms with Crippen LogP contribution >= 0.6 is 0 Å². The number of rotatable bonds is 4. The summed E-state index contributed by atoms with van der Waals surface area (Å²) < 4.78 is 61.6. The molecule has 0 bridgehead atoms. The van der Waals surface area contributed by atoms with Gasteiger partial charge in [0.05, 0.1) is 11.5 Å². The van der Waals surface area contributed by atoms with Crippen LogP contribution in [0, 0.1) is 11.8 Å². The molecule has 0 spiro atoms. The molecule has 0 saturated heterocycles. The van der Waals surface area contributed by atoms with Crippen molar-refractivity contribution < 1.29 is 26.7 Å². The molecule has 21 heavy (non-hydrogen) atoms. The van der Waals surface area contributed by atoms with Gasteiger partial charge in [0.25, 0.3) is 0 Å². The predicted octanol–water partition coefficient (Wildman–Crippen LogP) is 1.60. The minimum absolute atomic E-state index is 0.0972. The summed E-state index contributed by atoms with van der Waals surface area (Å²) in [6.45, 7) is -1.76. The van der Waals surface area contributed by atoms with Crippen LogP contribution in [0.25, 0.3) is 0 Å². The highest BCUT2D eigenvalue weighted by atomic mass is 32.2. The van der Waals surface area contributed by atoms with E-state index in [1.807, 2.05) is 0 Å². The number of alkyl halides is 3. The molecular weight excluding hydrogens is 307 g/mol. The molecule has 1 rings (SSSR count). The number of hydrogen-bond acceptors (Lipinski definition) is 3. The molecule has 0 unspecified atom stereocenters. The Morgan fingerprint density at radius 1 is 1.29 bits per heavy atom. The number of hydrogen-bond donors (Lipinski definition) is 1. The lowest BCUT2D eigenvalue weighted by Crippen LogP contribution is -2.36. The van der Waals surface area contributed by atoms with Crippen molar-refractivity contribution in [3.05, 3.63) is 29.8 Å². The zero-order valence-electron chi connectivity index (χ0n) is 11.2. The molecule has 4 nitrogen and oxygen atoms in total. The topological polar surface area (TPSA) is 57.6 Å². The number of halogens is 3. The van der Waals surface area contributed by atoms with Crippen molar-refractivity contribution in [1.29, 1.82) is 0 Å². The minimum atomic E-state index is -4.63. The van der Waals surface area contributed by atoms with E-state index in [0.29, 0.717) is 0 Å². The number of sulfonamides is 1. The fourth-order valence-corrected chi connectivity index (χ4v) is 2.81. The largest absolute Gasteiger partial charge is 0.402 e. The lowest BCUT2D eigenvalue weighted by molar-refractivity contribution is -0.134. The summed E-state index contributed by atoms with van der Waals surface area (Å²) in [5.74, 6) is 5.09. The summed E-state index contributed by atoms with van der Waals surface area (Å²) in [7, 11) is -3.43. The van der Waals surface area contributed by atoms with Crippen molar-refractivity contribution in [3.63, 3.8) is 0 Å². The molecule has 1 aromatic carbocycles. The number of aliphatic hydroxyl groups is 1. The Labute approximate surface area is 121 Å². The fourth-order valence-electron chi connectivity index (χ4n) is 1.51. The maximum Gasteiger partial charge on any atom is 0.402 e. The molecule has 0 aliphatic rings. The van der Waals surface area contributed by atoms with E-state index in [-0.39, 0.29) is 27.8 Å². The molecule has 0 aliphatic heterocycles. The Morgan fingerprint density at radius 3 is 2.48 bits per heavy atom. The van der Waals surface area contributed by atoms with Crippen LogP contribution in [0.5, 0.6) is 0 Å². The summed E-state index contributed by atoms with van der Waals surface area (Å²) in [4.78, 5) is -0.290. The van der Waals surface area contributed by atoms with E-state index >= 15 is 0 Å². The normalized spacial score (nSPS) is 12.1. The summed E-state index contributed by atoms with van der Waals surface area (Å²) >= 11 is 0. The first-order chi connectivity index (χ1) is 9.68. The van der Waals surface area contributed by atoms with Crippen LogP contribution in [0.1, 0.15) is 12.0 Å². The third-order valence-corrected chi connectivity index (χ3v) is 4.30. The lowest BCUT2D eigenvalue weighted by Gasteiger charge is -2.19. The smallest absolute Gasteiger partial charge is 0.395 e. The van der Waals surface area contributed by atoms with E-state index in [1.54, 1.807) is 0 Å². The van der Waals surface area contributed by atoms with Crippen LogP contribution in [0.4, 0.5) is 13.2 Å². The molecule has 0 radical (unpaired) electrons. The molecule has 8 heteroatoms. The van der Waals surface area contributed by atoms with Gasteiger partial charge in [-0.15, -0.1) is 0 Å². The van der Waals surface area contributed by atoms with Gasteiger partial charge in [-0.2, -0.15) is 17.5 Å². The van der Waals surface area contributed by atoms with E-state index < -0.39 is 22.7 Å². The SMILES string of the molecule is CN(CC(F)(F)F)S(=O)(=O)c1ccccc1C#CCCO. The zero-order chi connectivity index (χ0) is 16.1.